The largest absolute Gasteiger partial charge is 0.423 e. The fraction of sp³-hybridized carbons (Fsp3) is 0.581. The van der Waals surface area contributed by atoms with Crippen molar-refractivity contribution in [1.29, 1.82) is 0 Å². The molecule has 188 valence electrons. The molecule has 0 aliphatic heterocycles. The van der Waals surface area contributed by atoms with Gasteiger partial charge < -0.3 is 4.74 Å². The molecule has 2 rings (SSSR count). The topological polar surface area (TPSA) is 26.3 Å². The van der Waals surface area contributed by atoms with Gasteiger partial charge in [0, 0.05) is 0 Å². The van der Waals surface area contributed by atoms with E-state index in [0.29, 0.717) is 16.9 Å². The lowest BCUT2D eigenvalue weighted by molar-refractivity contribution is 0.0734. The average Bonchev–Trinajstić information content (AvgIpc) is 2.84. The molecule has 1 atom stereocenters. The van der Waals surface area contributed by atoms with Crippen LogP contribution >= 0.6 is 0 Å². The number of hydrogen-bond acceptors (Lipinski definition) is 2. The number of carbonyl (C=O) groups is 1. The zero-order valence-electron chi connectivity index (χ0n) is 22.5. The van der Waals surface area contributed by atoms with Crippen molar-refractivity contribution in [1.82, 2.24) is 0 Å². The SMILES string of the molecule is CCCCCCCCc1ccc(OC(=O)c2ccc(C(CCC)[Si](C)(C)CCCC)cc2)cc1. The van der Waals surface area contributed by atoms with Gasteiger partial charge in [0.05, 0.1) is 13.6 Å². The van der Waals surface area contributed by atoms with Crippen LogP contribution in [0.4, 0.5) is 0 Å². The van der Waals surface area contributed by atoms with Crippen LogP contribution in [0, 0.1) is 0 Å². The van der Waals surface area contributed by atoms with Crippen molar-refractivity contribution in [3.05, 3.63) is 65.2 Å². The van der Waals surface area contributed by atoms with E-state index in [0.717, 1.165) is 6.42 Å². The highest BCUT2D eigenvalue weighted by Gasteiger charge is 2.31. The Hall–Kier alpha value is -1.87. The summed E-state index contributed by atoms with van der Waals surface area (Å²) in [4.78, 5) is 12.7. The lowest BCUT2D eigenvalue weighted by atomic mass is 10.0. The van der Waals surface area contributed by atoms with E-state index < -0.39 is 8.07 Å². The Bertz CT molecular complexity index is 824. The number of aryl methyl sites for hydroxylation is 1. The first kappa shape index (κ1) is 28.4. The van der Waals surface area contributed by atoms with E-state index >= 15 is 0 Å². The first-order chi connectivity index (χ1) is 16.4. The zero-order chi connectivity index (χ0) is 24.8. The molecule has 0 spiro atoms. The van der Waals surface area contributed by atoms with Crippen LogP contribution in [0.2, 0.25) is 19.1 Å². The van der Waals surface area contributed by atoms with Crippen LogP contribution in [0.3, 0.4) is 0 Å². The number of esters is 1. The van der Waals surface area contributed by atoms with Crippen LogP contribution in [0.15, 0.2) is 48.5 Å². The summed E-state index contributed by atoms with van der Waals surface area (Å²) in [7, 11) is -1.36. The minimum absolute atomic E-state index is 0.273. The molecule has 0 bridgehead atoms. The number of ether oxygens (including phenoxy) is 1. The molecule has 0 saturated heterocycles. The number of unbranched alkanes of at least 4 members (excludes halogenated alkanes) is 6. The van der Waals surface area contributed by atoms with E-state index in [1.165, 1.54) is 81.4 Å². The molecule has 0 aliphatic carbocycles. The van der Waals surface area contributed by atoms with Gasteiger partial charge in [0.1, 0.15) is 5.75 Å². The molecule has 0 N–H and O–H groups in total. The molecule has 3 heteroatoms. The molecule has 2 aromatic carbocycles. The summed E-state index contributed by atoms with van der Waals surface area (Å²) >= 11 is 0. The van der Waals surface area contributed by atoms with Crippen molar-refractivity contribution >= 4 is 14.0 Å². The van der Waals surface area contributed by atoms with Crippen molar-refractivity contribution in [3.63, 3.8) is 0 Å². The van der Waals surface area contributed by atoms with E-state index in [1.807, 2.05) is 24.3 Å². The standard InChI is InChI=1S/C31H48O2Si/c1-6-9-11-12-13-14-16-26-17-23-29(24-18-26)33-31(32)28-21-19-27(20-22-28)30(15-8-3)34(4,5)25-10-7-2/h17-24,30H,6-16,25H2,1-5H3. The summed E-state index contributed by atoms with van der Waals surface area (Å²) in [6, 6.07) is 17.7. The van der Waals surface area contributed by atoms with E-state index in [1.54, 1.807) is 0 Å². The second-order valence-corrected chi connectivity index (χ2v) is 15.8. The van der Waals surface area contributed by atoms with Crippen molar-refractivity contribution < 1.29 is 9.53 Å². The normalized spacial score (nSPS) is 12.5. The fourth-order valence-corrected chi connectivity index (χ4v) is 8.73. The Labute approximate surface area is 210 Å². The van der Waals surface area contributed by atoms with Gasteiger partial charge in [0.25, 0.3) is 0 Å². The van der Waals surface area contributed by atoms with Crippen LogP contribution in [0.1, 0.15) is 112 Å². The number of rotatable bonds is 16. The summed E-state index contributed by atoms with van der Waals surface area (Å²) in [6.07, 6.45) is 14.0. The van der Waals surface area contributed by atoms with E-state index in [9.17, 15) is 4.79 Å². The van der Waals surface area contributed by atoms with Crippen molar-refractivity contribution in [2.24, 2.45) is 0 Å². The summed E-state index contributed by atoms with van der Waals surface area (Å²) in [6.45, 7) is 11.9. The van der Waals surface area contributed by atoms with Crippen LogP contribution in [0.25, 0.3) is 0 Å². The Kier molecular flexibility index (Phi) is 12.7. The monoisotopic (exact) mass is 480 g/mol. The molecule has 0 amide bonds. The summed E-state index contributed by atoms with van der Waals surface area (Å²) in [5, 5.41) is 0. The van der Waals surface area contributed by atoms with Gasteiger partial charge in [-0.05, 0) is 60.2 Å². The molecular formula is C31H48O2Si. The average molecular weight is 481 g/mol. The molecular weight excluding hydrogens is 432 g/mol. The van der Waals surface area contributed by atoms with E-state index in [4.69, 9.17) is 4.74 Å². The molecule has 0 heterocycles. The molecule has 2 aromatic rings. The fourth-order valence-electron chi connectivity index (χ4n) is 4.95. The minimum atomic E-state index is -1.36. The maximum atomic E-state index is 12.7. The number of carbonyl (C=O) groups excluding carboxylic acids is 1. The van der Waals surface area contributed by atoms with Gasteiger partial charge in [0.15, 0.2) is 0 Å². The smallest absolute Gasteiger partial charge is 0.343 e. The van der Waals surface area contributed by atoms with Gasteiger partial charge in [-0.3, -0.25) is 0 Å². The van der Waals surface area contributed by atoms with E-state index in [-0.39, 0.29) is 5.97 Å². The predicted molar refractivity (Wildman–Crippen MR) is 150 cm³/mol. The van der Waals surface area contributed by atoms with E-state index in [2.05, 4.69) is 58.1 Å². The second kappa shape index (κ2) is 15.2. The Balaban J connectivity index is 1.92. The van der Waals surface area contributed by atoms with Crippen molar-refractivity contribution in [2.75, 3.05) is 0 Å². The molecule has 0 saturated carbocycles. The molecule has 0 radical (unpaired) electrons. The Morgan fingerprint density at radius 2 is 1.38 bits per heavy atom. The first-order valence-corrected chi connectivity index (χ1v) is 17.1. The molecule has 2 nitrogen and oxygen atoms in total. The highest BCUT2D eigenvalue weighted by atomic mass is 28.3. The maximum absolute atomic E-state index is 12.7. The van der Waals surface area contributed by atoms with Gasteiger partial charge in [0.2, 0.25) is 0 Å². The Morgan fingerprint density at radius 3 is 2.00 bits per heavy atom. The lowest BCUT2D eigenvalue weighted by Gasteiger charge is -2.33. The zero-order valence-corrected chi connectivity index (χ0v) is 23.5. The molecule has 0 fully saturated rings. The third-order valence-corrected chi connectivity index (χ3v) is 11.3. The van der Waals surface area contributed by atoms with Gasteiger partial charge in [-0.1, -0.05) is 116 Å². The third kappa shape index (κ3) is 9.41. The number of benzene rings is 2. The quantitative estimate of drug-likeness (QED) is 0.103. The maximum Gasteiger partial charge on any atom is 0.343 e. The van der Waals surface area contributed by atoms with Crippen molar-refractivity contribution in [3.8, 4) is 5.75 Å². The molecule has 0 aliphatic rings. The summed E-state index contributed by atoms with van der Waals surface area (Å²) in [5.41, 5.74) is 3.98. The van der Waals surface area contributed by atoms with Gasteiger partial charge >= 0.3 is 5.97 Å². The van der Waals surface area contributed by atoms with Gasteiger partial charge in [-0.15, -0.1) is 0 Å². The van der Waals surface area contributed by atoms with Gasteiger partial charge in [-0.2, -0.15) is 0 Å². The third-order valence-electron chi connectivity index (χ3n) is 7.20. The Morgan fingerprint density at radius 1 is 0.765 bits per heavy atom. The van der Waals surface area contributed by atoms with Crippen LogP contribution in [0.5, 0.6) is 5.75 Å². The highest BCUT2D eigenvalue weighted by molar-refractivity contribution is 6.78. The van der Waals surface area contributed by atoms with Crippen LogP contribution < -0.4 is 4.74 Å². The second-order valence-electron chi connectivity index (χ2n) is 10.6. The van der Waals surface area contributed by atoms with Crippen LogP contribution in [-0.2, 0) is 6.42 Å². The lowest BCUT2D eigenvalue weighted by Crippen LogP contribution is -2.34. The van der Waals surface area contributed by atoms with Crippen molar-refractivity contribution in [2.45, 2.75) is 116 Å². The first-order valence-electron chi connectivity index (χ1n) is 13.8. The summed E-state index contributed by atoms with van der Waals surface area (Å²) < 4.78 is 5.66. The van der Waals surface area contributed by atoms with Gasteiger partial charge in [-0.25, -0.2) is 4.79 Å². The predicted octanol–water partition coefficient (Wildman–Crippen LogP) is 9.74. The minimum Gasteiger partial charge on any atom is -0.423 e. The van der Waals surface area contributed by atoms with Crippen LogP contribution in [-0.4, -0.2) is 14.0 Å². The summed E-state index contributed by atoms with van der Waals surface area (Å²) in [5.74, 6) is 0.350. The molecule has 34 heavy (non-hydrogen) atoms. The highest BCUT2D eigenvalue weighted by Crippen LogP contribution is 2.35. The number of hydrogen-bond donors (Lipinski definition) is 0. The molecule has 0 aromatic heterocycles. The molecule has 1 unspecified atom stereocenters.